The number of nitrogens with zero attached hydrogens (tertiary/aromatic N) is 1. The number of hydrogen-bond acceptors (Lipinski definition) is 3. The lowest BCUT2D eigenvalue weighted by molar-refractivity contribution is -0.137. The summed E-state index contributed by atoms with van der Waals surface area (Å²) >= 11 is 3.01. The Morgan fingerprint density at radius 1 is 1.40 bits per heavy atom. The maximum absolute atomic E-state index is 13.0. The maximum atomic E-state index is 13.0. The number of pyridine rings is 1. The van der Waals surface area contributed by atoms with Gasteiger partial charge in [0.1, 0.15) is 5.82 Å². The Kier molecular flexibility index (Phi) is 5.43. The topological polar surface area (TPSA) is 50.9 Å². The van der Waals surface area contributed by atoms with E-state index in [0.29, 0.717) is 12.3 Å². The average Bonchev–Trinajstić information content (AvgIpc) is 2.29. The molecule has 0 aliphatic rings. The number of alkyl halides is 3. The molecule has 1 aromatic heterocycles. The lowest BCUT2D eigenvalue weighted by atomic mass is 9.90. The van der Waals surface area contributed by atoms with Crippen LogP contribution in [0.3, 0.4) is 0 Å². The van der Waals surface area contributed by atoms with Gasteiger partial charge in [0.05, 0.1) is 5.56 Å². The highest BCUT2D eigenvalue weighted by molar-refractivity contribution is 9.10. The van der Waals surface area contributed by atoms with Crippen molar-refractivity contribution in [1.82, 2.24) is 4.98 Å². The van der Waals surface area contributed by atoms with E-state index >= 15 is 0 Å². The third-order valence-corrected chi connectivity index (χ3v) is 3.32. The van der Waals surface area contributed by atoms with Crippen LogP contribution in [0.4, 0.5) is 19.0 Å². The minimum atomic E-state index is -4.47. The molecule has 3 nitrogen and oxygen atoms in total. The van der Waals surface area contributed by atoms with E-state index in [-0.39, 0.29) is 16.8 Å². The summed E-state index contributed by atoms with van der Waals surface area (Å²) in [5.41, 5.74) is 4.29. The second-order valence-corrected chi connectivity index (χ2v) is 6.45. The zero-order chi connectivity index (χ0) is 15.6. The van der Waals surface area contributed by atoms with Crippen LogP contribution in [0.1, 0.15) is 32.8 Å². The second-order valence-electron chi connectivity index (χ2n) is 5.54. The molecule has 1 atom stereocenters. The summed E-state index contributed by atoms with van der Waals surface area (Å²) in [5.74, 6) is 0.120. The van der Waals surface area contributed by atoms with Gasteiger partial charge in [-0.05, 0) is 41.3 Å². The first-order valence-corrected chi connectivity index (χ1v) is 7.08. The van der Waals surface area contributed by atoms with Crippen LogP contribution in [-0.4, -0.2) is 17.1 Å². The molecule has 3 N–H and O–H groups in total. The van der Waals surface area contributed by atoms with E-state index in [1.807, 2.05) is 13.8 Å². The molecule has 0 aromatic carbocycles. The fourth-order valence-electron chi connectivity index (χ4n) is 2.13. The second kappa shape index (κ2) is 6.30. The smallest absolute Gasteiger partial charge is 0.363 e. The van der Waals surface area contributed by atoms with Gasteiger partial charge in [-0.1, -0.05) is 13.8 Å². The highest BCUT2D eigenvalue weighted by atomic mass is 79.9. The van der Waals surface area contributed by atoms with E-state index in [1.165, 1.54) is 6.20 Å². The first kappa shape index (κ1) is 17.2. The molecule has 1 heterocycles. The summed E-state index contributed by atoms with van der Waals surface area (Å²) in [6.07, 6.45) is -2.48. The predicted molar refractivity (Wildman–Crippen MR) is 77.5 cm³/mol. The van der Waals surface area contributed by atoms with Crippen molar-refractivity contribution in [2.45, 2.75) is 38.9 Å². The fourth-order valence-corrected chi connectivity index (χ4v) is 2.46. The van der Waals surface area contributed by atoms with E-state index in [9.17, 15) is 13.2 Å². The molecule has 1 rings (SSSR count). The van der Waals surface area contributed by atoms with Crippen molar-refractivity contribution in [2.75, 3.05) is 11.9 Å². The Balaban J connectivity index is 3.14. The molecule has 0 fully saturated rings. The molecule has 0 amide bonds. The Hall–Kier alpha value is -0.820. The number of nitrogens with one attached hydrogen (secondary N) is 1. The summed E-state index contributed by atoms with van der Waals surface area (Å²) in [5, 5.41) is 2.86. The molecule has 0 aliphatic heterocycles. The van der Waals surface area contributed by atoms with Crippen LogP contribution in [0, 0.1) is 5.92 Å². The lowest BCUT2D eigenvalue weighted by Gasteiger charge is -2.32. The summed E-state index contributed by atoms with van der Waals surface area (Å²) < 4.78 is 39.4. The third-order valence-electron chi connectivity index (χ3n) is 2.89. The normalized spacial score (nSPS) is 15.2. The molecule has 114 valence electrons. The van der Waals surface area contributed by atoms with Gasteiger partial charge in [0, 0.05) is 22.8 Å². The Bertz CT molecular complexity index is 463. The zero-order valence-corrected chi connectivity index (χ0v) is 13.3. The van der Waals surface area contributed by atoms with Crippen LogP contribution in [-0.2, 0) is 6.18 Å². The third kappa shape index (κ3) is 4.63. The fraction of sp³-hybridized carbons (Fsp3) is 0.615. The van der Waals surface area contributed by atoms with E-state index in [2.05, 4.69) is 26.2 Å². The van der Waals surface area contributed by atoms with E-state index < -0.39 is 17.3 Å². The highest BCUT2D eigenvalue weighted by Crippen LogP contribution is 2.36. The predicted octanol–water partition coefficient (Wildman–Crippen LogP) is 4.04. The Labute approximate surface area is 125 Å². The Morgan fingerprint density at radius 2 is 2.00 bits per heavy atom. The van der Waals surface area contributed by atoms with Crippen molar-refractivity contribution >= 4 is 21.7 Å². The molecule has 0 spiro atoms. The number of nitrogens with two attached hydrogens (primary N) is 1. The van der Waals surface area contributed by atoms with Crippen LogP contribution in [0.15, 0.2) is 16.7 Å². The minimum absolute atomic E-state index is 0.186. The maximum Gasteiger partial charge on any atom is 0.419 e. The van der Waals surface area contributed by atoms with Gasteiger partial charge in [-0.25, -0.2) is 4.98 Å². The standard InChI is InChI=1S/C13H19BrF3N3/c1-8(2)5-12(3,7-18)20-11-10(13(15,16)17)4-9(14)6-19-11/h4,6,8H,5,7,18H2,1-3H3,(H,19,20). The van der Waals surface area contributed by atoms with Gasteiger partial charge in [-0.2, -0.15) is 13.2 Å². The molecule has 1 aromatic rings. The van der Waals surface area contributed by atoms with Crippen LogP contribution in [0.5, 0.6) is 0 Å². The van der Waals surface area contributed by atoms with Gasteiger partial charge in [0.15, 0.2) is 0 Å². The number of aromatic nitrogens is 1. The Morgan fingerprint density at radius 3 is 2.45 bits per heavy atom. The number of hydrogen-bond donors (Lipinski definition) is 2. The lowest BCUT2D eigenvalue weighted by Crippen LogP contribution is -2.44. The molecule has 0 aliphatic carbocycles. The van der Waals surface area contributed by atoms with Gasteiger partial charge in [-0.3, -0.25) is 0 Å². The van der Waals surface area contributed by atoms with Crippen LogP contribution in [0.25, 0.3) is 0 Å². The quantitative estimate of drug-likeness (QED) is 0.839. The summed E-state index contributed by atoms with van der Waals surface area (Å²) in [4.78, 5) is 3.85. The molecule has 0 bridgehead atoms. The zero-order valence-electron chi connectivity index (χ0n) is 11.7. The monoisotopic (exact) mass is 353 g/mol. The van der Waals surface area contributed by atoms with E-state index in [1.54, 1.807) is 6.92 Å². The van der Waals surface area contributed by atoms with Gasteiger partial charge in [0.25, 0.3) is 0 Å². The van der Waals surface area contributed by atoms with Gasteiger partial charge in [-0.15, -0.1) is 0 Å². The van der Waals surface area contributed by atoms with Crippen LogP contribution in [0.2, 0.25) is 0 Å². The van der Waals surface area contributed by atoms with Gasteiger partial charge in [0.2, 0.25) is 0 Å². The summed E-state index contributed by atoms with van der Waals surface area (Å²) in [7, 11) is 0. The molecular weight excluding hydrogens is 335 g/mol. The molecule has 7 heteroatoms. The number of anilines is 1. The van der Waals surface area contributed by atoms with Crippen molar-refractivity contribution < 1.29 is 13.2 Å². The molecule has 0 saturated heterocycles. The van der Waals surface area contributed by atoms with Crippen molar-refractivity contribution in [3.63, 3.8) is 0 Å². The molecule has 0 radical (unpaired) electrons. The molecule has 0 saturated carbocycles. The summed E-state index contributed by atoms with van der Waals surface area (Å²) in [6.45, 7) is 6.02. The van der Waals surface area contributed by atoms with Crippen LogP contribution < -0.4 is 11.1 Å². The van der Waals surface area contributed by atoms with Crippen molar-refractivity contribution in [3.05, 3.63) is 22.3 Å². The largest absolute Gasteiger partial charge is 0.419 e. The number of halogens is 4. The van der Waals surface area contributed by atoms with Crippen molar-refractivity contribution in [3.8, 4) is 0 Å². The van der Waals surface area contributed by atoms with Crippen molar-refractivity contribution in [2.24, 2.45) is 11.7 Å². The van der Waals surface area contributed by atoms with Crippen LogP contribution >= 0.6 is 15.9 Å². The first-order valence-electron chi connectivity index (χ1n) is 6.28. The number of rotatable bonds is 5. The van der Waals surface area contributed by atoms with E-state index in [0.717, 1.165) is 6.07 Å². The summed E-state index contributed by atoms with van der Waals surface area (Å²) in [6, 6.07) is 1.02. The average molecular weight is 354 g/mol. The SMILES string of the molecule is CC(C)CC(C)(CN)Nc1ncc(Br)cc1C(F)(F)F. The minimum Gasteiger partial charge on any atom is -0.363 e. The highest BCUT2D eigenvalue weighted by Gasteiger charge is 2.36. The van der Waals surface area contributed by atoms with Crippen molar-refractivity contribution in [1.29, 1.82) is 0 Å². The van der Waals surface area contributed by atoms with Gasteiger partial charge >= 0.3 is 6.18 Å². The van der Waals surface area contributed by atoms with Gasteiger partial charge < -0.3 is 11.1 Å². The molecule has 20 heavy (non-hydrogen) atoms. The first-order chi connectivity index (χ1) is 9.07. The molecular formula is C13H19BrF3N3. The van der Waals surface area contributed by atoms with E-state index in [4.69, 9.17) is 5.73 Å². The molecule has 1 unspecified atom stereocenters.